The minimum atomic E-state index is 0.148. The van der Waals surface area contributed by atoms with Gasteiger partial charge in [-0.1, -0.05) is 6.07 Å². The van der Waals surface area contributed by atoms with Crippen molar-refractivity contribution in [1.29, 1.82) is 0 Å². The first-order chi connectivity index (χ1) is 13.5. The minimum absolute atomic E-state index is 0.148. The lowest BCUT2D eigenvalue weighted by atomic mass is 9.96. The zero-order valence-corrected chi connectivity index (χ0v) is 17.3. The molecule has 0 aromatic carbocycles. The highest BCUT2D eigenvalue weighted by Gasteiger charge is 2.36. The van der Waals surface area contributed by atoms with Gasteiger partial charge in [-0.2, -0.15) is 0 Å². The van der Waals surface area contributed by atoms with Gasteiger partial charge >= 0.3 is 0 Å². The van der Waals surface area contributed by atoms with Gasteiger partial charge in [0.2, 0.25) is 5.91 Å². The van der Waals surface area contributed by atoms with Crippen molar-refractivity contribution < 1.29 is 9.90 Å². The quantitative estimate of drug-likeness (QED) is 0.720. The maximum Gasteiger partial charge on any atom is 0.236 e. The van der Waals surface area contributed by atoms with Crippen LogP contribution >= 0.6 is 0 Å². The number of likely N-dealkylation sites (tertiary alicyclic amines) is 1. The number of aromatic nitrogens is 1. The molecule has 156 valence electrons. The lowest BCUT2D eigenvalue weighted by Crippen LogP contribution is -2.39. The molecule has 1 aromatic heterocycles. The van der Waals surface area contributed by atoms with Crippen molar-refractivity contribution in [2.75, 3.05) is 73.1 Å². The molecule has 0 radical (unpaired) electrons. The second-order valence-electron chi connectivity index (χ2n) is 8.45. The Hall–Kier alpha value is -1.54. The molecule has 3 rings (SSSR count). The predicted octanol–water partition coefficient (Wildman–Crippen LogP) is 0.218. The molecule has 0 bridgehead atoms. The van der Waals surface area contributed by atoms with Crippen LogP contribution in [0.3, 0.4) is 0 Å². The van der Waals surface area contributed by atoms with Crippen LogP contribution in [0.4, 0.5) is 0 Å². The molecule has 0 saturated carbocycles. The van der Waals surface area contributed by atoms with Crippen molar-refractivity contribution in [3.8, 4) is 0 Å². The molecule has 3 heterocycles. The summed E-state index contributed by atoms with van der Waals surface area (Å²) >= 11 is 0. The van der Waals surface area contributed by atoms with Crippen LogP contribution in [0.15, 0.2) is 24.4 Å². The van der Waals surface area contributed by atoms with E-state index < -0.39 is 0 Å². The highest BCUT2D eigenvalue weighted by molar-refractivity contribution is 5.78. The number of hydrogen-bond donors (Lipinski definition) is 1. The first kappa shape index (κ1) is 21.2. The highest BCUT2D eigenvalue weighted by atomic mass is 16.3. The van der Waals surface area contributed by atoms with E-state index >= 15 is 0 Å². The van der Waals surface area contributed by atoms with E-state index in [0.717, 1.165) is 45.0 Å². The summed E-state index contributed by atoms with van der Waals surface area (Å²) in [5.41, 5.74) is 0.969. The Labute approximate surface area is 168 Å². The maximum absolute atomic E-state index is 12.8. The average molecular weight is 390 g/mol. The lowest BCUT2D eigenvalue weighted by molar-refractivity contribution is -0.131. The zero-order valence-electron chi connectivity index (χ0n) is 17.3. The summed E-state index contributed by atoms with van der Waals surface area (Å²) in [5, 5.41) is 9.86. The molecular formula is C21H35N5O2. The van der Waals surface area contributed by atoms with E-state index in [-0.39, 0.29) is 18.4 Å². The standard InChI is InChI=1S/C21H35N5O2/c1-23-8-5-9-25(11-10-23)12-18-13-26(14-19(18)17-27)21(28)16-24(2)15-20-6-3-4-7-22-20/h3-4,6-7,18-19,27H,5,8-17H2,1-2H3/t18-,19-/m1/s1. The van der Waals surface area contributed by atoms with Gasteiger partial charge in [0.15, 0.2) is 0 Å². The molecule has 7 nitrogen and oxygen atoms in total. The highest BCUT2D eigenvalue weighted by Crippen LogP contribution is 2.25. The third-order valence-electron chi connectivity index (χ3n) is 6.03. The van der Waals surface area contributed by atoms with E-state index in [1.165, 1.54) is 6.42 Å². The monoisotopic (exact) mass is 389 g/mol. The summed E-state index contributed by atoms with van der Waals surface area (Å²) in [6.07, 6.45) is 2.97. The Morgan fingerprint density at radius 1 is 1.21 bits per heavy atom. The number of carbonyl (C=O) groups is 1. The fourth-order valence-electron chi connectivity index (χ4n) is 4.33. The molecule has 0 aliphatic carbocycles. The van der Waals surface area contributed by atoms with Crippen LogP contribution in [0.5, 0.6) is 0 Å². The van der Waals surface area contributed by atoms with Crippen molar-refractivity contribution >= 4 is 5.91 Å². The summed E-state index contributed by atoms with van der Waals surface area (Å²) in [7, 11) is 4.13. The molecule has 0 unspecified atom stereocenters. The van der Waals surface area contributed by atoms with Crippen LogP contribution < -0.4 is 0 Å². The lowest BCUT2D eigenvalue weighted by Gasteiger charge is -2.26. The molecule has 2 aliphatic heterocycles. The summed E-state index contributed by atoms with van der Waals surface area (Å²) in [5.74, 6) is 0.694. The third kappa shape index (κ3) is 5.98. The summed E-state index contributed by atoms with van der Waals surface area (Å²) in [6, 6.07) is 5.85. The number of pyridine rings is 1. The van der Waals surface area contributed by atoms with Crippen molar-refractivity contribution in [3.63, 3.8) is 0 Å². The van der Waals surface area contributed by atoms with Gasteiger partial charge in [0.25, 0.3) is 0 Å². The van der Waals surface area contributed by atoms with E-state index in [1.807, 2.05) is 35.0 Å². The summed E-state index contributed by atoms with van der Waals surface area (Å²) in [6.45, 7) is 8.04. The predicted molar refractivity (Wildman–Crippen MR) is 110 cm³/mol. The number of nitrogens with zero attached hydrogens (tertiary/aromatic N) is 5. The summed E-state index contributed by atoms with van der Waals surface area (Å²) in [4.78, 5) is 26.0. The van der Waals surface area contributed by atoms with Crippen LogP contribution in [-0.4, -0.2) is 109 Å². The van der Waals surface area contributed by atoms with Crippen LogP contribution in [-0.2, 0) is 11.3 Å². The number of rotatable bonds is 7. The van der Waals surface area contributed by atoms with E-state index in [1.54, 1.807) is 6.20 Å². The molecule has 28 heavy (non-hydrogen) atoms. The van der Waals surface area contributed by atoms with E-state index in [0.29, 0.717) is 25.6 Å². The fourth-order valence-corrected chi connectivity index (χ4v) is 4.33. The van der Waals surface area contributed by atoms with Crippen molar-refractivity contribution in [2.45, 2.75) is 13.0 Å². The Balaban J connectivity index is 1.49. The van der Waals surface area contributed by atoms with Crippen LogP contribution in [0.2, 0.25) is 0 Å². The first-order valence-electron chi connectivity index (χ1n) is 10.4. The molecule has 2 atom stereocenters. The van der Waals surface area contributed by atoms with Crippen LogP contribution in [0.1, 0.15) is 12.1 Å². The van der Waals surface area contributed by atoms with Gasteiger partial charge in [-0.15, -0.1) is 0 Å². The molecule has 2 saturated heterocycles. The van der Waals surface area contributed by atoms with Gasteiger partial charge in [0.05, 0.1) is 12.2 Å². The van der Waals surface area contributed by atoms with Gasteiger partial charge in [0, 0.05) is 58.0 Å². The van der Waals surface area contributed by atoms with E-state index in [4.69, 9.17) is 0 Å². The smallest absolute Gasteiger partial charge is 0.236 e. The Bertz CT molecular complexity index is 614. The van der Waals surface area contributed by atoms with Gasteiger partial charge in [-0.05, 0) is 51.7 Å². The second-order valence-corrected chi connectivity index (χ2v) is 8.45. The van der Waals surface area contributed by atoms with Gasteiger partial charge < -0.3 is 19.8 Å². The second kappa shape index (κ2) is 10.3. The van der Waals surface area contributed by atoms with Gasteiger partial charge in [-0.3, -0.25) is 14.7 Å². The Morgan fingerprint density at radius 2 is 2.04 bits per heavy atom. The number of likely N-dealkylation sites (N-methyl/N-ethyl adjacent to an activating group) is 2. The minimum Gasteiger partial charge on any atom is -0.396 e. The molecule has 7 heteroatoms. The van der Waals surface area contributed by atoms with Gasteiger partial charge in [-0.25, -0.2) is 0 Å². The topological polar surface area (TPSA) is 63.2 Å². The van der Waals surface area contributed by atoms with Gasteiger partial charge in [0.1, 0.15) is 0 Å². The fraction of sp³-hybridized carbons (Fsp3) is 0.714. The van der Waals surface area contributed by atoms with Crippen molar-refractivity contribution in [1.82, 2.24) is 24.6 Å². The number of aliphatic hydroxyl groups is 1. The molecule has 2 aliphatic rings. The Morgan fingerprint density at radius 3 is 2.79 bits per heavy atom. The van der Waals surface area contributed by atoms with Crippen molar-refractivity contribution in [3.05, 3.63) is 30.1 Å². The van der Waals surface area contributed by atoms with E-state index in [9.17, 15) is 9.90 Å². The zero-order chi connectivity index (χ0) is 19.9. The normalized spacial score (nSPS) is 24.6. The molecule has 1 aromatic rings. The molecule has 0 spiro atoms. The third-order valence-corrected chi connectivity index (χ3v) is 6.03. The first-order valence-corrected chi connectivity index (χ1v) is 10.4. The van der Waals surface area contributed by atoms with Crippen LogP contribution in [0, 0.1) is 11.8 Å². The summed E-state index contributed by atoms with van der Waals surface area (Å²) < 4.78 is 0. The van der Waals surface area contributed by atoms with Crippen molar-refractivity contribution in [2.24, 2.45) is 11.8 Å². The Kier molecular flexibility index (Phi) is 7.79. The molecule has 1 N–H and O–H groups in total. The number of carbonyl (C=O) groups excluding carboxylic acids is 1. The average Bonchev–Trinajstić information content (AvgIpc) is 2.98. The largest absolute Gasteiger partial charge is 0.396 e. The molecule has 1 amide bonds. The number of hydrogen-bond acceptors (Lipinski definition) is 6. The molecule has 2 fully saturated rings. The number of amides is 1. The van der Waals surface area contributed by atoms with E-state index in [2.05, 4.69) is 21.8 Å². The SMILES string of the molecule is CN1CCCN(C[C@@H]2CN(C(=O)CN(C)Cc3ccccn3)C[C@@H]2CO)CC1. The number of aliphatic hydroxyl groups excluding tert-OH is 1. The molecular weight excluding hydrogens is 354 g/mol. The maximum atomic E-state index is 12.8. The van der Waals surface area contributed by atoms with Crippen LogP contribution in [0.25, 0.3) is 0 Å².